The minimum absolute atomic E-state index is 0.0750. The summed E-state index contributed by atoms with van der Waals surface area (Å²) in [5.74, 6) is -0.806. The number of rotatable bonds is 3. The zero-order valence-electron chi connectivity index (χ0n) is 11.0. The first kappa shape index (κ1) is 13.8. The number of hydrogen-bond donors (Lipinski definition) is 1. The molecule has 0 amide bonds. The summed E-state index contributed by atoms with van der Waals surface area (Å²) in [6, 6.07) is 7.48. The van der Waals surface area contributed by atoms with Crippen LogP contribution in [0.4, 0.5) is 0 Å². The second-order valence-electron chi connectivity index (χ2n) is 4.76. The van der Waals surface area contributed by atoms with Crippen molar-refractivity contribution in [2.45, 2.75) is 26.7 Å². The van der Waals surface area contributed by atoms with Crippen LogP contribution in [0.15, 0.2) is 28.7 Å². The van der Waals surface area contributed by atoms with Crippen LogP contribution >= 0.6 is 15.9 Å². The van der Waals surface area contributed by atoms with Crippen LogP contribution in [0, 0.1) is 6.92 Å². The van der Waals surface area contributed by atoms with Crippen LogP contribution < -0.4 is 0 Å². The lowest BCUT2D eigenvalue weighted by atomic mass is 10.1. The van der Waals surface area contributed by atoms with Crippen LogP contribution in [0.25, 0.3) is 5.69 Å². The summed E-state index contributed by atoms with van der Waals surface area (Å²) < 4.78 is 2.71. The average molecular weight is 323 g/mol. The molecule has 4 nitrogen and oxygen atoms in total. The number of aryl methyl sites for hydroxylation is 1. The highest BCUT2D eigenvalue weighted by molar-refractivity contribution is 9.10. The van der Waals surface area contributed by atoms with Gasteiger partial charge in [-0.1, -0.05) is 29.8 Å². The molecule has 0 saturated heterocycles. The number of nitrogens with zero attached hydrogens (tertiary/aromatic N) is 2. The molecule has 1 N–H and O–H groups in total. The van der Waals surface area contributed by atoms with Crippen molar-refractivity contribution in [2.24, 2.45) is 0 Å². The second-order valence-corrected chi connectivity index (χ2v) is 5.67. The molecule has 19 heavy (non-hydrogen) atoms. The highest BCUT2D eigenvalue weighted by atomic mass is 79.9. The monoisotopic (exact) mass is 322 g/mol. The summed E-state index contributed by atoms with van der Waals surface area (Å²) in [6.45, 7) is 6.02. The van der Waals surface area contributed by atoms with Crippen molar-refractivity contribution in [3.05, 3.63) is 45.7 Å². The van der Waals surface area contributed by atoms with Crippen LogP contribution in [0.5, 0.6) is 0 Å². The van der Waals surface area contributed by atoms with Gasteiger partial charge in [0.25, 0.3) is 0 Å². The molecule has 2 rings (SSSR count). The fourth-order valence-electron chi connectivity index (χ4n) is 1.96. The predicted molar refractivity (Wildman–Crippen MR) is 77.0 cm³/mol. The summed E-state index contributed by atoms with van der Waals surface area (Å²) >= 11 is 3.42. The molecular formula is C14H15BrN2O2. The first-order chi connectivity index (χ1) is 8.90. The van der Waals surface area contributed by atoms with Gasteiger partial charge in [-0.25, -0.2) is 9.48 Å². The Morgan fingerprint density at radius 2 is 2.05 bits per heavy atom. The first-order valence-corrected chi connectivity index (χ1v) is 6.79. The topological polar surface area (TPSA) is 55.1 Å². The van der Waals surface area contributed by atoms with Gasteiger partial charge in [0.05, 0.1) is 5.69 Å². The molecule has 0 saturated carbocycles. The SMILES string of the molecule is Cc1cc(Br)ccc1-n1nc(C(=O)O)cc1C(C)C. The van der Waals surface area contributed by atoms with E-state index in [9.17, 15) is 4.79 Å². The highest BCUT2D eigenvalue weighted by Gasteiger charge is 2.17. The van der Waals surface area contributed by atoms with E-state index < -0.39 is 5.97 Å². The average Bonchev–Trinajstić information content (AvgIpc) is 2.73. The first-order valence-electron chi connectivity index (χ1n) is 6.00. The van der Waals surface area contributed by atoms with Gasteiger partial charge in [-0.15, -0.1) is 0 Å². The smallest absolute Gasteiger partial charge is 0.356 e. The molecule has 0 fully saturated rings. The van der Waals surface area contributed by atoms with Crippen molar-refractivity contribution in [2.75, 3.05) is 0 Å². The Bertz CT molecular complexity index is 632. The summed E-state index contributed by atoms with van der Waals surface area (Å²) in [5, 5.41) is 13.3. The van der Waals surface area contributed by atoms with E-state index in [4.69, 9.17) is 5.11 Å². The van der Waals surface area contributed by atoms with Crippen LogP contribution in [-0.4, -0.2) is 20.9 Å². The maximum atomic E-state index is 11.1. The molecule has 0 radical (unpaired) electrons. The van der Waals surface area contributed by atoms with Crippen molar-refractivity contribution < 1.29 is 9.90 Å². The molecule has 0 unspecified atom stereocenters. The van der Waals surface area contributed by atoms with E-state index in [1.54, 1.807) is 10.7 Å². The normalized spacial score (nSPS) is 11.0. The molecule has 1 heterocycles. The van der Waals surface area contributed by atoms with Gasteiger partial charge in [0.2, 0.25) is 0 Å². The van der Waals surface area contributed by atoms with Gasteiger partial charge >= 0.3 is 5.97 Å². The number of carboxylic acids is 1. The number of benzene rings is 1. The largest absolute Gasteiger partial charge is 0.476 e. The second kappa shape index (κ2) is 5.17. The van der Waals surface area contributed by atoms with Gasteiger partial charge in [0, 0.05) is 10.2 Å². The Balaban J connectivity index is 2.63. The zero-order valence-corrected chi connectivity index (χ0v) is 12.6. The molecule has 100 valence electrons. The van der Waals surface area contributed by atoms with Gasteiger partial charge in [-0.05, 0) is 42.7 Å². The van der Waals surface area contributed by atoms with Gasteiger partial charge < -0.3 is 5.11 Å². The van der Waals surface area contributed by atoms with E-state index >= 15 is 0 Å². The third-order valence-corrected chi connectivity index (χ3v) is 3.43. The molecule has 0 spiro atoms. The van der Waals surface area contributed by atoms with Crippen LogP contribution in [0.3, 0.4) is 0 Å². The van der Waals surface area contributed by atoms with E-state index in [1.165, 1.54) is 0 Å². The van der Waals surface area contributed by atoms with Crippen molar-refractivity contribution in [3.8, 4) is 5.69 Å². The van der Waals surface area contributed by atoms with Crippen molar-refractivity contribution in [3.63, 3.8) is 0 Å². The van der Waals surface area contributed by atoms with Gasteiger partial charge in [-0.2, -0.15) is 5.10 Å². The van der Waals surface area contributed by atoms with E-state index in [1.807, 2.05) is 39.0 Å². The number of carbonyl (C=O) groups is 1. The van der Waals surface area contributed by atoms with Crippen molar-refractivity contribution in [1.29, 1.82) is 0 Å². The number of hydrogen-bond acceptors (Lipinski definition) is 2. The van der Waals surface area contributed by atoms with E-state index in [2.05, 4.69) is 21.0 Å². The standard InChI is InChI=1S/C14H15BrN2O2/c1-8(2)13-7-11(14(18)19)16-17(13)12-5-4-10(15)6-9(12)3/h4-8H,1-3H3,(H,18,19). The van der Waals surface area contributed by atoms with Gasteiger partial charge in [0.1, 0.15) is 0 Å². The zero-order chi connectivity index (χ0) is 14.2. The van der Waals surface area contributed by atoms with E-state index in [0.29, 0.717) is 0 Å². The molecule has 5 heteroatoms. The summed E-state index contributed by atoms with van der Waals surface area (Å²) in [5.41, 5.74) is 2.91. The molecular weight excluding hydrogens is 308 g/mol. The molecule has 1 aromatic carbocycles. The third-order valence-electron chi connectivity index (χ3n) is 2.93. The van der Waals surface area contributed by atoms with Crippen LogP contribution in [0.1, 0.15) is 41.5 Å². The van der Waals surface area contributed by atoms with E-state index in [0.717, 1.165) is 21.4 Å². The Morgan fingerprint density at radius 1 is 1.37 bits per heavy atom. The molecule has 0 bridgehead atoms. The predicted octanol–water partition coefficient (Wildman–Crippen LogP) is 3.76. The summed E-state index contributed by atoms with van der Waals surface area (Å²) in [6.07, 6.45) is 0. The summed E-state index contributed by atoms with van der Waals surface area (Å²) in [4.78, 5) is 11.1. The number of halogens is 1. The minimum atomic E-state index is -1.00. The fourth-order valence-corrected chi connectivity index (χ4v) is 2.44. The lowest BCUT2D eigenvalue weighted by Crippen LogP contribution is -2.06. The lowest BCUT2D eigenvalue weighted by Gasteiger charge is -2.12. The van der Waals surface area contributed by atoms with Crippen LogP contribution in [-0.2, 0) is 0 Å². The fraction of sp³-hybridized carbons (Fsp3) is 0.286. The van der Waals surface area contributed by atoms with Crippen molar-refractivity contribution in [1.82, 2.24) is 9.78 Å². The summed E-state index contributed by atoms with van der Waals surface area (Å²) in [7, 11) is 0. The van der Waals surface area contributed by atoms with Gasteiger partial charge in [0.15, 0.2) is 5.69 Å². The maximum absolute atomic E-state index is 11.1. The Hall–Kier alpha value is -1.62. The Labute approximate surface area is 120 Å². The molecule has 1 aromatic heterocycles. The number of aromatic nitrogens is 2. The Morgan fingerprint density at radius 3 is 2.58 bits per heavy atom. The lowest BCUT2D eigenvalue weighted by molar-refractivity contribution is 0.0690. The van der Waals surface area contributed by atoms with E-state index in [-0.39, 0.29) is 11.6 Å². The van der Waals surface area contributed by atoms with Gasteiger partial charge in [-0.3, -0.25) is 0 Å². The molecule has 0 atom stereocenters. The Kier molecular flexibility index (Phi) is 3.75. The van der Waals surface area contributed by atoms with Crippen LogP contribution in [0.2, 0.25) is 0 Å². The van der Waals surface area contributed by atoms with Crippen molar-refractivity contribution >= 4 is 21.9 Å². The number of carboxylic acid groups (broad SMARTS) is 1. The number of aromatic carboxylic acids is 1. The molecule has 2 aromatic rings. The third kappa shape index (κ3) is 2.71. The molecule has 0 aliphatic heterocycles. The highest BCUT2D eigenvalue weighted by Crippen LogP contribution is 2.24. The maximum Gasteiger partial charge on any atom is 0.356 e. The minimum Gasteiger partial charge on any atom is -0.476 e. The molecule has 0 aliphatic carbocycles. The molecule has 0 aliphatic rings. The quantitative estimate of drug-likeness (QED) is 0.935.